The van der Waals surface area contributed by atoms with E-state index in [-0.39, 0.29) is 0 Å². The minimum atomic E-state index is -3.37. The van der Waals surface area contributed by atoms with Gasteiger partial charge in [-0.3, -0.25) is 0 Å². The molecule has 0 bridgehead atoms. The molecule has 0 aromatic heterocycles. The van der Waals surface area contributed by atoms with E-state index in [2.05, 4.69) is 194 Å². The zero-order valence-corrected chi connectivity index (χ0v) is 34.6. The van der Waals surface area contributed by atoms with Crippen molar-refractivity contribution in [3.05, 3.63) is 199 Å². The fourth-order valence-electron chi connectivity index (χ4n) is 8.64. The van der Waals surface area contributed by atoms with Gasteiger partial charge in [0.15, 0.2) is 0 Å². The average Bonchev–Trinajstić information content (AvgIpc) is 3.27. The predicted molar refractivity (Wildman–Crippen MR) is 239 cm³/mol. The number of allylic oxidation sites excluding steroid dienone is 1. The van der Waals surface area contributed by atoms with Crippen LogP contribution in [0.4, 0.5) is 0 Å². The second-order valence-electron chi connectivity index (χ2n) is 14.4. The van der Waals surface area contributed by atoms with Crippen molar-refractivity contribution in [3.8, 4) is 33.8 Å². The fraction of sp³-hybridized carbons (Fsp3) is 0.0385. The summed E-state index contributed by atoms with van der Waals surface area (Å²) < 4.78 is 16.0. The molecule has 1 aliphatic carbocycles. The van der Waals surface area contributed by atoms with Crippen molar-refractivity contribution in [1.82, 2.24) is 0 Å². The summed E-state index contributed by atoms with van der Waals surface area (Å²) in [5.74, 6) is 1.84. The van der Waals surface area contributed by atoms with E-state index < -0.39 is 30.9 Å². The van der Waals surface area contributed by atoms with Crippen LogP contribution in [0.3, 0.4) is 0 Å². The molecule has 0 fully saturated rings. The first-order chi connectivity index (χ1) is 27.8. The molecule has 2 aliphatic rings. The van der Waals surface area contributed by atoms with Crippen molar-refractivity contribution < 1.29 is 5.54 Å². The first-order valence-corrected chi connectivity index (χ1v) is 24.7. The van der Waals surface area contributed by atoms with E-state index in [0.29, 0.717) is 0 Å². The van der Waals surface area contributed by atoms with Gasteiger partial charge < -0.3 is 0 Å². The molecule has 56 heavy (non-hydrogen) atoms. The zero-order chi connectivity index (χ0) is 37.0. The van der Waals surface area contributed by atoms with Gasteiger partial charge in [-0.25, -0.2) is 0 Å². The molecule has 9 aromatic rings. The Kier molecular flexibility index (Phi) is 8.54. The van der Waals surface area contributed by atoms with Crippen molar-refractivity contribution in [2.75, 3.05) is 0 Å². The van der Waals surface area contributed by atoms with Gasteiger partial charge in [-0.05, 0) is 0 Å². The number of fused-ring (bicyclic) bond motifs is 9. The van der Waals surface area contributed by atoms with Crippen molar-refractivity contribution in [3.63, 3.8) is 0 Å². The second kappa shape index (κ2) is 14.2. The molecule has 1 heterocycles. The number of hydrogen-bond donors (Lipinski definition) is 0. The van der Waals surface area contributed by atoms with Crippen molar-refractivity contribution in [2.45, 2.75) is 12.8 Å². The first-order valence-electron chi connectivity index (χ1n) is 19.2. The molecule has 9 aromatic carbocycles. The molecule has 2 nitrogen and oxygen atoms in total. The Morgan fingerprint density at radius 2 is 1.05 bits per heavy atom. The number of rotatable bonds is 6. The molecule has 0 unspecified atom stereocenters. The van der Waals surface area contributed by atoms with Crippen LogP contribution in [-0.4, -0.2) is 23.0 Å². The van der Waals surface area contributed by atoms with Crippen LogP contribution in [0.2, 0.25) is 0 Å². The Balaban J connectivity index is 1.17. The van der Waals surface area contributed by atoms with E-state index in [0.717, 1.165) is 24.3 Å². The van der Waals surface area contributed by atoms with Gasteiger partial charge in [0.05, 0.1) is 0 Å². The molecular weight excluding hydrogens is 897 g/mol. The normalized spacial score (nSPS) is 13.4. The Labute approximate surface area is 337 Å². The second-order valence-corrected chi connectivity index (χ2v) is 21.4. The molecule has 0 N–H and O–H groups in total. The van der Waals surface area contributed by atoms with Gasteiger partial charge in [-0.15, -0.1) is 0 Å². The maximum absolute atomic E-state index is 7.60. The van der Waals surface area contributed by atoms with Crippen LogP contribution in [0.5, 0.6) is 11.5 Å². The Bertz CT molecular complexity index is 2950. The van der Waals surface area contributed by atoms with Gasteiger partial charge in [-0.2, -0.15) is 0 Å². The van der Waals surface area contributed by atoms with E-state index in [1.807, 2.05) is 0 Å². The quantitative estimate of drug-likeness (QED) is 0.155. The van der Waals surface area contributed by atoms with Crippen LogP contribution in [0, 0.1) is 0 Å². The zero-order valence-electron chi connectivity index (χ0n) is 30.6. The van der Waals surface area contributed by atoms with E-state index in [1.165, 1.54) is 84.8 Å². The SMILES string of the molecule is C1=Cc2ccc([O][Po]3[O]c4ccc5ccccc5c4-c4[c]3ccc3ccccc43)c(-c3c(P(c4ccccc4)c4ccccc4)ccc4ccccc34)c2CC1. The fourth-order valence-corrected chi connectivity index (χ4v) is 16.5. The van der Waals surface area contributed by atoms with E-state index in [9.17, 15) is 0 Å². The van der Waals surface area contributed by atoms with Crippen LogP contribution in [0.1, 0.15) is 17.5 Å². The number of hydrogen-bond acceptors (Lipinski definition) is 2. The van der Waals surface area contributed by atoms with E-state index >= 15 is 0 Å². The maximum atomic E-state index is 7.60. The summed E-state index contributed by atoms with van der Waals surface area (Å²) in [6.45, 7) is 0. The Hall–Kier alpha value is -5.57. The van der Waals surface area contributed by atoms with Crippen LogP contribution < -0.4 is 24.7 Å². The van der Waals surface area contributed by atoms with Gasteiger partial charge in [0.1, 0.15) is 0 Å². The minimum absolute atomic E-state index is 0.912. The van der Waals surface area contributed by atoms with E-state index in [1.54, 1.807) is 0 Å². The summed E-state index contributed by atoms with van der Waals surface area (Å²) in [5, 5.41) is 11.4. The molecule has 0 atom stereocenters. The molecule has 11 rings (SSSR count). The molecule has 0 saturated heterocycles. The molecule has 1 aliphatic heterocycles. The first kappa shape index (κ1) is 33.7. The van der Waals surface area contributed by atoms with Crippen LogP contribution in [0.25, 0.3) is 60.6 Å². The molecule has 267 valence electrons. The molecule has 0 saturated carbocycles. The predicted octanol–water partition coefficient (Wildman–Crippen LogP) is 11.4. The van der Waals surface area contributed by atoms with Crippen molar-refractivity contribution >= 4 is 88.4 Å². The average molecular weight is 933 g/mol. The van der Waals surface area contributed by atoms with Gasteiger partial charge in [0, 0.05) is 0 Å². The third kappa shape index (κ3) is 5.68. The Morgan fingerprint density at radius 3 is 1.73 bits per heavy atom. The van der Waals surface area contributed by atoms with Crippen LogP contribution >= 0.6 is 7.92 Å². The Morgan fingerprint density at radius 1 is 0.482 bits per heavy atom. The molecule has 1 radical (unpaired) electrons. The number of benzene rings is 9. The standard InChI is InChI=1S/C32H25OP.C20H13O.Po/c33-29-21-19-23-11-7-9-17-27(23)31(29)32-28-18-10-8-12-24(28)20-22-30(32)34(25-13-3-1-4-14-25)26-15-5-2-6-16-26;21-19-13-12-15-7-2-4-10-17(15)20(19)18-11-5-8-14-6-1-3-9-16(14)18;/h1-8,10-16,18-22,33H,9,17H2;1-10,12-13,21H;/q;;+2/p-2. The summed E-state index contributed by atoms with van der Waals surface area (Å²) in [6, 6.07) is 66.6. The van der Waals surface area contributed by atoms with Crippen LogP contribution in [-0.2, 0) is 6.42 Å². The van der Waals surface area contributed by atoms with Gasteiger partial charge in [-0.1, -0.05) is 0 Å². The van der Waals surface area contributed by atoms with E-state index in [4.69, 9.17) is 5.54 Å². The summed E-state index contributed by atoms with van der Waals surface area (Å²) in [5.41, 5.74) is 7.53. The van der Waals surface area contributed by atoms with Crippen molar-refractivity contribution in [2.24, 2.45) is 0 Å². The third-order valence-corrected chi connectivity index (χ3v) is 18.9. The third-order valence-electron chi connectivity index (χ3n) is 11.1. The molecular formula is C52H36O2PPo. The van der Waals surface area contributed by atoms with Gasteiger partial charge >= 0.3 is 340 Å². The summed E-state index contributed by atoms with van der Waals surface area (Å²) in [7, 11) is -0.912. The molecule has 0 amide bonds. The van der Waals surface area contributed by atoms with Crippen LogP contribution in [0.15, 0.2) is 188 Å². The van der Waals surface area contributed by atoms with Gasteiger partial charge in [0.2, 0.25) is 0 Å². The molecule has 4 heteroatoms. The summed E-state index contributed by atoms with van der Waals surface area (Å²) >= 11 is -3.37. The molecule has 0 spiro atoms. The summed E-state index contributed by atoms with van der Waals surface area (Å²) in [6.07, 6.45) is 6.55. The topological polar surface area (TPSA) is 18.5 Å². The van der Waals surface area contributed by atoms with Gasteiger partial charge in [0.25, 0.3) is 0 Å². The summed E-state index contributed by atoms with van der Waals surface area (Å²) in [4.78, 5) is 0. The van der Waals surface area contributed by atoms with Crippen molar-refractivity contribution in [1.29, 1.82) is 0 Å². The monoisotopic (exact) mass is 932 g/mol.